The van der Waals surface area contributed by atoms with E-state index in [4.69, 9.17) is 9.47 Å². The lowest BCUT2D eigenvalue weighted by Gasteiger charge is -2.40. The van der Waals surface area contributed by atoms with Gasteiger partial charge in [0.15, 0.2) is 0 Å². The monoisotopic (exact) mass is 287 g/mol. The molecule has 0 aliphatic carbocycles. The molecule has 21 heavy (non-hydrogen) atoms. The van der Waals surface area contributed by atoms with Crippen molar-refractivity contribution in [2.24, 2.45) is 5.41 Å². The van der Waals surface area contributed by atoms with Gasteiger partial charge < -0.3 is 14.4 Å². The van der Waals surface area contributed by atoms with Gasteiger partial charge >= 0.3 is 6.09 Å². The van der Waals surface area contributed by atoms with E-state index in [1.165, 1.54) is 0 Å². The van der Waals surface area contributed by atoms with Crippen molar-refractivity contribution >= 4 is 6.09 Å². The van der Waals surface area contributed by atoms with Gasteiger partial charge in [0.2, 0.25) is 0 Å². The number of piperidine rings is 1. The van der Waals surface area contributed by atoms with Gasteiger partial charge in [0.25, 0.3) is 0 Å². The van der Waals surface area contributed by atoms with Crippen LogP contribution in [-0.2, 0) is 16.1 Å². The summed E-state index contributed by atoms with van der Waals surface area (Å²) >= 11 is 0. The Hall–Kier alpha value is -1.97. The quantitative estimate of drug-likeness (QED) is 0.837. The van der Waals surface area contributed by atoms with Crippen molar-refractivity contribution in [3.05, 3.63) is 48.2 Å². The van der Waals surface area contributed by atoms with Crippen LogP contribution in [-0.4, -0.2) is 30.7 Å². The first-order valence-corrected chi connectivity index (χ1v) is 7.52. The average molecular weight is 287 g/mol. The average Bonchev–Trinajstić information content (AvgIpc) is 2.55. The molecule has 3 rings (SSSR count). The van der Waals surface area contributed by atoms with Crippen LogP contribution in [0.4, 0.5) is 4.79 Å². The van der Waals surface area contributed by atoms with E-state index in [2.05, 4.69) is 6.08 Å². The minimum atomic E-state index is -0.204. The predicted molar refractivity (Wildman–Crippen MR) is 79.6 cm³/mol. The highest BCUT2D eigenvalue weighted by Crippen LogP contribution is 2.38. The smallest absolute Gasteiger partial charge is 0.410 e. The summed E-state index contributed by atoms with van der Waals surface area (Å²) in [5, 5.41) is 0. The lowest BCUT2D eigenvalue weighted by Crippen LogP contribution is -2.43. The zero-order chi connectivity index (χ0) is 14.5. The number of carbonyl (C=O) groups is 1. The molecule has 0 bridgehead atoms. The van der Waals surface area contributed by atoms with Crippen molar-refractivity contribution in [1.82, 2.24) is 4.90 Å². The van der Waals surface area contributed by atoms with Gasteiger partial charge in [-0.15, -0.1) is 0 Å². The van der Waals surface area contributed by atoms with Gasteiger partial charge in [-0.1, -0.05) is 30.3 Å². The van der Waals surface area contributed by atoms with Crippen LogP contribution >= 0.6 is 0 Å². The van der Waals surface area contributed by atoms with Gasteiger partial charge in [0, 0.05) is 13.1 Å². The number of hydrogen-bond donors (Lipinski definition) is 0. The molecule has 2 aliphatic heterocycles. The molecule has 4 heteroatoms. The molecule has 1 spiro atoms. The summed E-state index contributed by atoms with van der Waals surface area (Å²) in [7, 11) is 0. The van der Waals surface area contributed by atoms with E-state index < -0.39 is 0 Å². The van der Waals surface area contributed by atoms with Crippen molar-refractivity contribution in [2.45, 2.75) is 25.9 Å². The Morgan fingerprint density at radius 2 is 1.95 bits per heavy atom. The standard InChI is InChI=1S/C17H21NO3/c19-16(21-14-15-4-2-1-3-5-15)18-10-6-17(7-11-18)8-12-20-13-9-17/h1-5,8,12H,6-7,9-11,13-14H2. The summed E-state index contributed by atoms with van der Waals surface area (Å²) in [6.45, 7) is 2.65. The Kier molecular flexibility index (Phi) is 4.13. The van der Waals surface area contributed by atoms with E-state index in [1.54, 1.807) is 0 Å². The number of benzene rings is 1. The molecule has 0 aromatic heterocycles. The van der Waals surface area contributed by atoms with Crippen molar-refractivity contribution in [1.29, 1.82) is 0 Å². The number of carbonyl (C=O) groups excluding carboxylic acids is 1. The number of amides is 1. The van der Waals surface area contributed by atoms with E-state index in [1.807, 2.05) is 41.5 Å². The molecule has 1 amide bonds. The van der Waals surface area contributed by atoms with E-state index in [0.717, 1.165) is 44.5 Å². The maximum atomic E-state index is 12.1. The lowest BCUT2D eigenvalue weighted by molar-refractivity contribution is 0.0580. The highest BCUT2D eigenvalue weighted by atomic mass is 16.6. The molecular weight excluding hydrogens is 266 g/mol. The second-order valence-corrected chi connectivity index (χ2v) is 5.81. The fraction of sp³-hybridized carbons (Fsp3) is 0.471. The number of hydrogen-bond acceptors (Lipinski definition) is 3. The minimum Gasteiger partial charge on any atom is -0.501 e. The Labute approximate surface area is 125 Å². The number of allylic oxidation sites excluding steroid dienone is 1. The van der Waals surface area contributed by atoms with Gasteiger partial charge in [0.05, 0.1) is 12.9 Å². The van der Waals surface area contributed by atoms with Gasteiger partial charge in [-0.05, 0) is 36.3 Å². The Bertz CT molecular complexity index is 504. The van der Waals surface area contributed by atoms with Crippen LogP contribution in [0.15, 0.2) is 42.7 Å². The molecule has 112 valence electrons. The van der Waals surface area contributed by atoms with Gasteiger partial charge in [-0.2, -0.15) is 0 Å². The first-order valence-electron chi connectivity index (χ1n) is 7.52. The van der Waals surface area contributed by atoms with Crippen LogP contribution in [0, 0.1) is 5.41 Å². The maximum absolute atomic E-state index is 12.1. The minimum absolute atomic E-state index is 0.204. The van der Waals surface area contributed by atoms with Crippen LogP contribution < -0.4 is 0 Å². The molecule has 0 radical (unpaired) electrons. The van der Waals surface area contributed by atoms with Crippen molar-refractivity contribution in [3.8, 4) is 0 Å². The summed E-state index contributed by atoms with van der Waals surface area (Å²) in [5.74, 6) is 0. The van der Waals surface area contributed by atoms with Gasteiger partial charge in [0.1, 0.15) is 6.61 Å². The van der Waals surface area contributed by atoms with Crippen molar-refractivity contribution < 1.29 is 14.3 Å². The fourth-order valence-electron chi connectivity index (χ4n) is 2.97. The van der Waals surface area contributed by atoms with E-state index in [0.29, 0.717) is 6.61 Å². The highest BCUT2D eigenvalue weighted by molar-refractivity contribution is 5.67. The Morgan fingerprint density at radius 1 is 1.19 bits per heavy atom. The molecule has 0 atom stereocenters. The molecule has 4 nitrogen and oxygen atoms in total. The maximum Gasteiger partial charge on any atom is 0.410 e. The van der Waals surface area contributed by atoms with E-state index in [9.17, 15) is 4.79 Å². The predicted octanol–water partition coefficient (Wildman–Crippen LogP) is 3.34. The largest absolute Gasteiger partial charge is 0.501 e. The number of ether oxygens (including phenoxy) is 2. The normalized spacial score (nSPS) is 20.1. The number of nitrogens with zero attached hydrogens (tertiary/aromatic N) is 1. The molecule has 0 saturated carbocycles. The SMILES string of the molecule is O=C(OCc1ccccc1)N1CCC2(C=COCC2)CC1. The fourth-order valence-corrected chi connectivity index (χ4v) is 2.97. The molecule has 2 heterocycles. The van der Waals surface area contributed by atoms with Gasteiger partial charge in [-0.25, -0.2) is 4.79 Å². The third kappa shape index (κ3) is 3.38. The topological polar surface area (TPSA) is 38.8 Å². The summed E-state index contributed by atoms with van der Waals surface area (Å²) in [6.07, 6.45) is 6.82. The Morgan fingerprint density at radius 3 is 2.62 bits per heavy atom. The summed E-state index contributed by atoms with van der Waals surface area (Å²) in [5.41, 5.74) is 1.25. The first-order chi connectivity index (χ1) is 10.3. The summed E-state index contributed by atoms with van der Waals surface area (Å²) in [4.78, 5) is 13.9. The molecule has 0 unspecified atom stereocenters. The second kappa shape index (κ2) is 6.20. The summed E-state index contributed by atoms with van der Waals surface area (Å²) < 4.78 is 10.7. The zero-order valence-corrected chi connectivity index (χ0v) is 12.2. The van der Waals surface area contributed by atoms with E-state index >= 15 is 0 Å². The molecule has 0 N–H and O–H groups in total. The van der Waals surface area contributed by atoms with Crippen LogP contribution in [0.2, 0.25) is 0 Å². The Balaban J connectivity index is 1.49. The molecule has 2 aliphatic rings. The molecule has 1 saturated heterocycles. The number of rotatable bonds is 2. The zero-order valence-electron chi connectivity index (χ0n) is 12.2. The first kappa shape index (κ1) is 14.0. The van der Waals surface area contributed by atoms with Crippen LogP contribution in [0.5, 0.6) is 0 Å². The van der Waals surface area contributed by atoms with Gasteiger partial charge in [-0.3, -0.25) is 0 Å². The van der Waals surface area contributed by atoms with E-state index in [-0.39, 0.29) is 11.5 Å². The van der Waals surface area contributed by atoms with Crippen LogP contribution in [0.25, 0.3) is 0 Å². The third-order valence-electron chi connectivity index (χ3n) is 4.46. The lowest BCUT2D eigenvalue weighted by atomic mass is 9.75. The highest BCUT2D eigenvalue weighted by Gasteiger charge is 2.35. The second-order valence-electron chi connectivity index (χ2n) is 5.81. The van der Waals surface area contributed by atoms with Crippen LogP contribution in [0.3, 0.4) is 0 Å². The molecule has 1 aromatic rings. The third-order valence-corrected chi connectivity index (χ3v) is 4.46. The van der Waals surface area contributed by atoms with Crippen molar-refractivity contribution in [2.75, 3.05) is 19.7 Å². The summed E-state index contributed by atoms with van der Waals surface area (Å²) in [6, 6.07) is 9.78. The van der Waals surface area contributed by atoms with Crippen molar-refractivity contribution in [3.63, 3.8) is 0 Å². The molecular formula is C17H21NO3. The molecule has 1 fully saturated rings. The molecule has 1 aromatic carbocycles. The number of likely N-dealkylation sites (tertiary alicyclic amines) is 1. The van der Waals surface area contributed by atoms with Crippen LogP contribution in [0.1, 0.15) is 24.8 Å².